The van der Waals surface area contributed by atoms with E-state index in [1.54, 1.807) is 11.8 Å². The van der Waals surface area contributed by atoms with E-state index in [0.29, 0.717) is 10.9 Å². The second-order valence-electron chi connectivity index (χ2n) is 4.97. The number of carbonyl (C=O) groups is 1. The Labute approximate surface area is 133 Å². The number of aromatic nitrogens is 4. The molecule has 22 heavy (non-hydrogen) atoms. The summed E-state index contributed by atoms with van der Waals surface area (Å²) in [4.78, 5) is 12.0. The zero-order chi connectivity index (χ0) is 16.1. The lowest BCUT2D eigenvalue weighted by Gasteiger charge is -2.14. The van der Waals surface area contributed by atoms with Crippen molar-refractivity contribution in [2.24, 2.45) is 0 Å². The van der Waals surface area contributed by atoms with Gasteiger partial charge in [-0.2, -0.15) is 4.68 Å². The van der Waals surface area contributed by atoms with E-state index in [4.69, 9.17) is 4.74 Å². The van der Waals surface area contributed by atoms with Gasteiger partial charge in [0.15, 0.2) is 0 Å². The molecule has 0 saturated heterocycles. The summed E-state index contributed by atoms with van der Waals surface area (Å²) in [6, 6.07) is 7.54. The van der Waals surface area contributed by atoms with Crippen molar-refractivity contribution in [3.8, 4) is 11.4 Å². The minimum atomic E-state index is -0.304. The Balaban J connectivity index is 2.21. The maximum atomic E-state index is 12.0. The van der Waals surface area contributed by atoms with Gasteiger partial charge in [0.2, 0.25) is 11.1 Å². The Bertz CT molecular complexity index is 644. The molecule has 7 nitrogen and oxygen atoms in total. The minimum Gasteiger partial charge on any atom is -0.494 e. The van der Waals surface area contributed by atoms with Gasteiger partial charge in [0, 0.05) is 6.04 Å². The zero-order valence-corrected chi connectivity index (χ0v) is 13.8. The summed E-state index contributed by atoms with van der Waals surface area (Å²) in [5, 5.41) is 14.8. The fraction of sp³-hybridized carbons (Fsp3) is 0.429. The van der Waals surface area contributed by atoms with Crippen LogP contribution in [0.3, 0.4) is 0 Å². The van der Waals surface area contributed by atoms with Gasteiger partial charge < -0.3 is 10.1 Å². The maximum Gasteiger partial charge on any atom is 0.233 e. The number of thioether (sulfide) groups is 1. The average molecular weight is 321 g/mol. The van der Waals surface area contributed by atoms with Crippen LogP contribution in [0.1, 0.15) is 20.8 Å². The first kappa shape index (κ1) is 16.3. The van der Waals surface area contributed by atoms with Crippen LogP contribution < -0.4 is 10.1 Å². The van der Waals surface area contributed by atoms with Gasteiger partial charge in [0.05, 0.1) is 12.4 Å². The third-order valence-corrected chi connectivity index (χ3v) is 3.87. The molecule has 0 saturated carbocycles. The largest absolute Gasteiger partial charge is 0.494 e. The topological polar surface area (TPSA) is 81.9 Å². The van der Waals surface area contributed by atoms with E-state index in [9.17, 15) is 4.79 Å². The fourth-order valence-corrected chi connectivity index (χ4v) is 2.63. The van der Waals surface area contributed by atoms with Crippen molar-refractivity contribution >= 4 is 17.7 Å². The predicted molar refractivity (Wildman–Crippen MR) is 84.3 cm³/mol. The van der Waals surface area contributed by atoms with Crippen LogP contribution in [0.5, 0.6) is 5.75 Å². The lowest BCUT2D eigenvalue weighted by Crippen LogP contribution is -2.36. The van der Waals surface area contributed by atoms with Gasteiger partial charge in [-0.1, -0.05) is 23.9 Å². The highest BCUT2D eigenvalue weighted by molar-refractivity contribution is 8.00. The number of carbonyl (C=O) groups excluding carboxylic acids is 1. The number of tetrazole rings is 1. The fourth-order valence-electron chi connectivity index (χ4n) is 1.82. The van der Waals surface area contributed by atoms with E-state index in [1.165, 1.54) is 11.8 Å². The van der Waals surface area contributed by atoms with Crippen LogP contribution >= 0.6 is 11.8 Å². The van der Waals surface area contributed by atoms with Crippen LogP contribution in [0.4, 0.5) is 0 Å². The maximum absolute atomic E-state index is 12.0. The average Bonchev–Trinajstić information content (AvgIpc) is 2.94. The van der Waals surface area contributed by atoms with E-state index in [2.05, 4.69) is 20.8 Å². The minimum absolute atomic E-state index is 0.0467. The molecule has 0 radical (unpaired) electrons. The Morgan fingerprint density at radius 1 is 1.32 bits per heavy atom. The van der Waals surface area contributed by atoms with Crippen LogP contribution in [0.15, 0.2) is 29.4 Å². The van der Waals surface area contributed by atoms with Crippen molar-refractivity contribution < 1.29 is 9.53 Å². The second kappa shape index (κ2) is 7.26. The van der Waals surface area contributed by atoms with Gasteiger partial charge in [0.1, 0.15) is 11.4 Å². The van der Waals surface area contributed by atoms with E-state index in [-0.39, 0.29) is 17.2 Å². The van der Waals surface area contributed by atoms with Gasteiger partial charge in [0.25, 0.3) is 0 Å². The molecule has 1 aromatic carbocycles. The third-order valence-electron chi connectivity index (χ3n) is 2.84. The predicted octanol–water partition coefficient (Wildman–Crippen LogP) is 1.68. The number of amides is 1. The molecule has 2 rings (SSSR count). The molecule has 8 heteroatoms. The number of hydrogen-bond acceptors (Lipinski definition) is 6. The van der Waals surface area contributed by atoms with Crippen LogP contribution in [0.2, 0.25) is 0 Å². The lowest BCUT2D eigenvalue weighted by molar-refractivity contribution is -0.120. The molecule has 1 aromatic heterocycles. The van der Waals surface area contributed by atoms with Crippen molar-refractivity contribution in [2.75, 3.05) is 7.11 Å². The van der Waals surface area contributed by atoms with Gasteiger partial charge in [-0.3, -0.25) is 4.79 Å². The van der Waals surface area contributed by atoms with Crippen molar-refractivity contribution in [3.63, 3.8) is 0 Å². The molecule has 118 valence electrons. The number of para-hydroxylation sites is 2. The summed E-state index contributed by atoms with van der Waals surface area (Å²) < 4.78 is 6.90. The number of nitrogens with one attached hydrogen (secondary N) is 1. The normalized spacial score (nSPS) is 12.2. The first-order chi connectivity index (χ1) is 10.5. The number of rotatable bonds is 6. The van der Waals surface area contributed by atoms with Crippen LogP contribution in [-0.4, -0.2) is 44.5 Å². The Morgan fingerprint density at radius 2 is 2.05 bits per heavy atom. The first-order valence-corrected chi connectivity index (χ1v) is 7.79. The number of ether oxygens (including phenoxy) is 1. The summed E-state index contributed by atoms with van der Waals surface area (Å²) >= 11 is 1.30. The molecule has 1 atom stereocenters. The SMILES string of the molecule is COc1ccccc1-n1nnnc1S[C@H](C)C(=O)NC(C)C. The number of benzene rings is 1. The molecule has 0 aliphatic rings. The highest BCUT2D eigenvalue weighted by Crippen LogP contribution is 2.27. The molecule has 0 spiro atoms. The standard InChI is InChI=1S/C14H19N5O2S/c1-9(2)15-13(20)10(3)22-14-16-17-18-19(14)11-7-5-6-8-12(11)21-4/h5-10H,1-4H3,(H,15,20)/t10-/m1/s1. The van der Waals surface area contributed by atoms with Crippen molar-refractivity contribution in [1.29, 1.82) is 0 Å². The quantitative estimate of drug-likeness (QED) is 0.815. The monoisotopic (exact) mass is 321 g/mol. The molecular formula is C14H19N5O2S. The summed E-state index contributed by atoms with van der Waals surface area (Å²) in [6.07, 6.45) is 0. The molecule has 0 aliphatic carbocycles. The molecule has 0 aliphatic heterocycles. The summed E-state index contributed by atoms with van der Waals surface area (Å²) in [5.41, 5.74) is 0.731. The van der Waals surface area contributed by atoms with Crippen LogP contribution in [0.25, 0.3) is 5.69 Å². The number of nitrogens with zero attached hydrogens (tertiary/aromatic N) is 4. The van der Waals surface area contributed by atoms with Gasteiger partial charge in [-0.25, -0.2) is 0 Å². The van der Waals surface area contributed by atoms with Crippen molar-refractivity contribution in [1.82, 2.24) is 25.5 Å². The molecule has 0 unspecified atom stereocenters. The van der Waals surface area contributed by atoms with Crippen LogP contribution in [0, 0.1) is 0 Å². The van der Waals surface area contributed by atoms with Gasteiger partial charge in [-0.05, 0) is 43.3 Å². The van der Waals surface area contributed by atoms with E-state index >= 15 is 0 Å². The Hall–Kier alpha value is -2.09. The number of hydrogen-bond donors (Lipinski definition) is 1. The van der Waals surface area contributed by atoms with E-state index in [1.807, 2.05) is 45.0 Å². The highest BCUT2D eigenvalue weighted by atomic mass is 32.2. The molecule has 0 bridgehead atoms. The number of methoxy groups -OCH3 is 1. The van der Waals surface area contributed by atoms with E-state index < -0.39 is 0 Å². The van der Waals surface area contributed by atoms with Crippen LogP contribution in [-0.2, 0) is 4.79 Å². The lowest BCUT2D eigenvalue weighted by atomic mass is 10.3. The summed E-state index contributed by atoms with van der Waals surface area (Å²) in [5.74, 6) is 0.616. The molecule has 2 aromatic rings. The molecule has 1 heterocycles. The summed E-state index contributed by atoms with van der Waals surface area (Å²) in [7, 11) is 1.59. The van der Waals surface area contributed by atoms with Crippen molar-refractivity contribution in [2.45, 2.75) is 37.2 Å². The second-order valence-corrected chi connectivity index (χ2v) is 6.28. The van der Waals surface area contributed by atoms with Crippen molar-refractivity contribution in [3.05, 3.63) is 24.3 Å². The van der Waals surface area contributed by atoms with Gasteiger partial charge in [-0.15, -0.1) is 5.10 Å². The van der Waals surface area contributed by atoms with Gasteiger partial charge >= 0.3 is 0 Å². The molecule has 1 N–H and O–H groups in total. The molecule has 1 amide bonds. The first-order valence-electron chi connectivity index (χ1n) is 6.91. The molecule has 0 fully saturated rings. The van der Waals surface area contributed by atoms with E-state index in [0.717, 1.165) is 5.69 Å². The smallest absolute Gasteiger partial charge is 0.233 e. The highest BCUT2D eigenvalue weighted by Gasteiger charge is 2.20. The Morgan fingerprint density at radius 3 is 2.73 bits per heavy atom. The summed E-state index contributed by atoms with van der Waals surface area (Å²) in [6.45, 7) is 5.67. The molecular weight excluding hydrogens is 302 g/mol. The Kier molecular flexibility index (Phi) is 5.37. The third kappa shape index (κ3) is 3.76. The zero-order valence-electron chi connectivity index (χ0n) is 13.0.